The van der Waals surface area contributed by atoms with Gasteiger partial charge >= 0.3 is 39.5 Å². The third-order valence-electron chi connectivity index (χ3n) is 17.8. The van der Waals surface area contributed by atoms with Gasteiger partial charge in [-0.25, -0.2) is 9.13 Å². The van der Waals surface area contributed by atoms with E-state index in [-0.39, 0.29) is 25.7 Å². The third-order valence-corrected chi connectivity index (χ3v) is 19.7. The number of phosphoric acid groups is 2. The van der Waals surface area contributed by atoms with Gasteiger partial charge in [0.2, 0.25) is 0 Å². The van der Waals surface area contributed by atoms with E-state index in [9.17, 15) is 43.2 Å². The number of carbonyl (C=O) groups excluding carboxylic acids is 4. The van der Waals surface area contributed by atoms with Crippen LogP contribution in [0.2, 0.25) is 0 Å². The van der Waals surface area contributed by atoms with E-state index in [1.54, 1.807) is 0 Å². The molecule has 0 saturated heterocycles. The maximum Gasteiger partial charge on any atom is 0.472 e. The van der Waals surface area contributed by atoms with E-state index < -0.39 is 97.5 Å². The Morgan fingerprint density at radius 3 is 0.646 bits per heavy atom. The summed E-state index contributed by atoms with van der Waals surface area (Å²) in [5.74, 6) is 0.897. The molecule has 17 nitrogen and oxygen atoms in total. The molecule has 0 aliphatic carbocycles. The van der Waals surface area contributed by atoms with Gasteiger partial charge in [-0.1, -0.05) is 338 Å². The number of hydrogen-bond donors (Lipinski definition) is 3. The molecular formula is C77H150O17P2. The van der Waals surface area contributed by atoms with Gasteiger partial charge < -0.3 is 33.8 Å². The van der Waals surface area contributed by atoms with Crippen LogP contribution in [0.4, 0.5) is 0 Å². The van der Waals surface area contributed by atoms with Gasteiger partial charge in [0.05, 0.1) is 26.4 Å². The van der Waals surface area contributed by atoms with Gasteiger partial charge in [0, 0.05) is 25.7 Å². The summed E-state index contributed by atoms with van der Waals surface area (Å²) < 4.78 is 68.5. The largest absolute Gasteiger partial charge is 0.472 e. The second-order valence-electron chi connectivity index (χ2n) is 29.7. The first-order chi connectivity index (χ1) is 46.1. The molecule has 0 bridgehead atoms. The van der Waals surface area contributed by atoms with Crippen LogP contribution >= 0.6 is 15.6 Å². The number of hydrogen-bond acceptors (Lipinski definition) is 15. The van der Waals surface area contributed by atoms with Crippen molar-refractivity contribution in [2.24, 2.45) is 23.7 Å². The molecular weight excluding hydrogens is 1260 g/mol. The van der Waals surface area contributed by atoms with Gasteiger partial charge in [-0.05, 0) is 49.4 Å². The standard InChI is InChI=1S/C77H150O17P2/c1-67(2)53-45-37-29-21-17-15-13-11-9-10-12-14-16-18-23-33-41-49-57-74(79)87-63-72(93-76(81)59-51-43-35-24-20-19-22-30-38-46-54-68(3)4)65-91-95(83,84)89-61-71(78)62-90-96(85,86)92-66-73(94-77(82)60-52-44-36-28-26-32-40-48-56-70(7)8)64-88-75(80)58-50-42-34-27-25-31-39-47-55-69(5)6/h67-73,78H,9-66H2,1-8H3,(H,83,84)(H,85,86)/t71?,72-,73-/m1/s1. The Balaban J connectivity index is 5.18. The van der Waals surface area contributed by atoms with Crippen LogP contribution in [0, 0.1) is 23.7 Å². The summed E-state index contributed by atoms with van der Waals surface area (Å²) >= 11 is 0. The van der Waals surface area contributed by atoms with Crippen molar-refractivity contribution in [3.05, 3.63) is 0 Å². The predicted molar refractivity (Wildman–Crippen MR) is 391 cm³/mol. The average molecular weight is 1410 g/mol. The molecule has 0 amide bonds. The molecule has 0 spiro atoms. The maximum atomic E-state index is 13.1. The second-order valence-corrected chi connectivity index (χ2v) is 32.6. The fourth-order valence-corrected chi connectivity index (χ4v) is 13.3. The average Bonchev–Trinajstić information content (AvgIpc) is 1.61. The molecule has 0 fully saturated rings. The minimum Gasteiger partial charge on any atom is -0.462 e. The molecule has 0 radical (unpaired) electrons. The minimum absolute atomic E-state index is 0.104. The summed E-state index contributed by atoms with van der Waals surface area (Å²) in [6, 6.07) is 0. The molecule has 0 saturated carbocycles. The van der Waals surface area contributed by atoms with Crippen LogP contribution in [0.1, 0.15) is 389 Å². The molecule has 0 aliphatic rings. The van der Waals surface area contributed by atoms with Gasteiger partial charge in [-0.15, -0.1) is 0 Å². The molecule has 96 heavy (non-hydrogen) atoms. The lowest BCUT2D eigenvalue weighted by atomic mass is 10.0. The summed E-state index contributed by atoms with van der Waals surface area (Å²) in [7, 11) is -9.91. The second kappa shape index (κ2) is 66.3. The highest BCUT2D eigenvalue weighted by Gasteiger charge is 2.30. The van der Waals surface area contributed by atoms with Gasteiger partial charge in [-0.3, -0.25) is 37.3 Å². The van der Waals surface area contributed by atoms with Crippen molar-refractivity contribution < 1.29 is 80.2 Å². The number of aliphatic hydroxyl groups is 1. The Morgan fingerprint density at radius 2 is 0.438 bits per heavy atom. The first-order valence-electron chi connectivity index (χ1n) is 39.7. The monoisotopic (exact) mass is 1410 g/mol. The summed E-state index contributed by atoms with van der Waals surface area (Å²) in [6.45, 7) is 14.2. The van der Waals surface area contributed by atoms with Gasteiger partial charge in [0.1, 0.15) is 19.3 Å². The first-order valence-corrected chi connectivity index (χ1v) is 42.7. The normalized spacial score (nSPS) is 14.1. The highest BCUT2D eigenvalue weighted by molar-refractivity contribution is 7.47. The van der Waals surface area contributed by atoms with Crippen molar-refractivity contribution in [3.8, 4) is 0 Å². The topological polar surface area (TPSA) is 237 Å². The molecule has 3 N–H and O–H groups in total. The molecule has 570 valence electrons. The summed E-state index contributed by atoms with van der Waals surface area (Å²) in [5.41, 5.74) is 0. The molecule has 0 aromatic carbocycles. The molecule has 0 aliphatic heterocycles. The number of carbonyl (C=O) groups is 4. The zero-order chi connectivity index (χ0) is 71.0. The van der Waals surface area contributed by atoms with Crippen LogP contribution in [-0.2, 0) is 65.4 Å². The Morgan fingerprint density at radius 1 is 0.260 bits per heavy atom. The van der Waals surface area contributed by atoms with E-state index >= 15 is 0 Å². The van der Waals surface area contributed by atoms with Crippen LogP contribution in [-0.4, -0.2) is 96.7 Å². The van der Waals surface area contributed by atoms with Crippen LogP contribution in [0.25, 0.3) is 0 Å². The molecule has 5 atom stereocenters. The van der Waals surface area contributed by atoms with Crippen molar-refractivity contribution in [2.45, 2.75) is 408 Å². The lowest BCUT2D eigenvalue weighted by molar-refractivity contribution is -0.161. The van der Waals surface area contributed by atoms with E-state index in [0.717, 1.165) is 114 Å². The molecule has 0 heterocycles. The van der Waals surface area contributed by atoms with E-state index in [0.29, 0.717) is 25.7 Å². The predicted octanol–water partition coefficient (Wildman–Crippen LogP) is 22.4. The number of aliphatic hydroxyl groups excluding tert-OH is 1. The van der Waals surface area contributed by atoms with Crippen molar-refractivity contribution >= 4 is 39.5 Å². The SMILES string of the molecule is CC(C)CCCCCCCCCCCCCCCCCCCCC(=O)OC[C@H](COP(=O)(O)OCC(O)COP(=O)(O)OC[C@@H](COC(=O)CCCCCCCCCCC(C)C)OC(=O)CCCCCCCCCCC(C)C)OC(=O)CCCCCCCCCCCCC(C)C. The minimum atomic E-state index is -4.96. The quantitative estimate of drug-likeness (QED) is 0.0222. The lowest BCUT2D eigenvalue weighted by Gasteiger charge is -2.21. The van der Waals surface area contributed by atoms with Crippen molar-refractivity contribution in [1.29, 1.82) is 0 Å². The zero-order valence-electron chi connectivity index (χ0n) is 63.0. The number of unbranched alkanes of at least 4 members (excludes halogenated alkanes) is 40. The molecule has 19 heteroatoms. The Bertz CT molecular complexity index is 1880. The number of phosphoric ester groups is 2. The van der Waals surface area contributed by atoms with Gasteiger partial charge in [0.15, 0.2) is 12.2 Å². The number of ether oxygens (including phenoxy) is 4. The number of esters is 4. The van der Waals surface area contributed by atoms with E-state index in [2.05, 4.69) is 55.4 Å². The first kappa shape index (κ1) is 94.1. The Labute approximate surface area is 588 Å². The summed E-state index contributed by atoms with van der Waals surface area (Å²) in [4.78, 5) is 72.8. The van der Waals surface area contributed by atoms with E-state index in [1.165, 1.54) is 193 Å². The van der Waals surface area contributed by atoms with Crippen LogP contribution in [0.5, 0.6) is 0 Å². The summed E-state index contributed by atoms with van der Waals surface area (Å²) in [5, 5.41) is 10.6. The van der Waals surface area contributed by atoms with Crippen LogP contribution in [0.3, 0.4) is 0 Å². The highest BCUT2D eigenvalue weighted by atomic mass is 31.2. The van der Waals surface area contributed by atoms with Gasteiger partial charge in [0.25, 0.3) is 0 Å². The molecule has 0 aromatic heterocycles. The molecule has 3 unspecified atom stereocenters. The molecule has 0 aromatic rings. The maximum absolute atomic E-state index is 13.1. The van der Waals surface area contributed by atoms with E-state index in [1.807, 2.05) is 0 Å². The van der Waals surface area contributed by atoms with Gasteiger partial charge in [-0.2, -0.15) is 0 Å². The van der Waals surface area contributed by atoms with Crippen molar-refractivity contribution in [3.63, 3.8) is 0 Å². The zero-order valence-corrected chi connectivity index (χ0v) is 64.8. The van der Waals surface area contributed by atoms with Crippen molar-refractivity contribution in [2.75, 3.05) is 39.6 Å². The Kier molecular flexibility index (Phi) is 65.0. The fourth-order valence-electron chi connectivity index (χ4n) is 11.7. The van der Waals surface area contributed by atoms with Crippen LogP contribution < -0.4 is 0 Å². The fraction of sp³-hybridized carbons (Fsp3) is 0.948. The van der Waals surface area contributed by atoms with Crippen molar-refractivity contribution in [1.82, 2.24) is 0 Å². The third kappa shape index (κ3) is 70.5. The summed E-state index contributed by atoms with van der Waals surface area (Å²) in [6.07, 6.45) is 51.6. The van der Waals surface area contributed by atoms with E-state index in [4.69, 9.17) is 37.0 Å². The van der Waals surface area contributed by atoms with Crippen LogP contribution in [0.15, 0.2) is 0 Å². The Hall–Kier alpha value is -1.94. The smallest absolute Gasteiger partial charge is 0.462 e. The number of rotatable bonds is 74. The highest BCUT2D eigenvalue weighted by Crippen LogP contribution is 2.45. The lowest BCUT2D eigenvalue weighted by Crippen LogP contribution is -2.30. The molecule has 0 rings (SSSR count).